The van der Waals surface area contributed by atoms with E-state index in [1.165, 1.54) is 0 Å². The van der Waals surface area contributed by atoms with Crippen LogP contribution < -0.4 is 5.32 Å². The summed E-state index contributed by atoms with van der Waals surface area (Å²) in [6.45, 7) is 6.05. The first-order valence-electron chi connectivity index (χ1n) is 7.08. The molecule has 0 aliphatic carbocycles. The number of hydrogen-bond acceptors (Lipinski definition) is 4. The third-order valence-electron chi connectivity index (χ3n) is 3.32. The molecule has 0 radical (unpaired) electrons. The van der Waals surface area contributed by atoms with Gasteiger partial charge in [-0.15, -0.1) is 0 Å². The van der Waals surface area contributed by atoms with E-state index in [0.717, 1.165) is 10.9 Å². The first kappa shape index (κ1) is 14.3. The van der Waals surface area contributed by atoms with Crippen LogP contribution in [0.3, 0.4) is 0 Å². The van der Waals surface area contributed by atoms with Gasteiger partial charge < -0.3 is 9.84 Å². The molecule has 0 aliphatic rings. The first-order valence-corrected chi connectivity index (χ1v) is 7.08. The molecule has 112 valence electrons. The molecule has 0 spiro atoms. The van der Waals surface area contributed by atoms with Crippen molar-refractivity contribution in [2.75, 3.05) is 5.32 Å². The Hall–Kier alpha value is -2.69. The van der Waals surface area contributed by atoms with E-state index in [1.54, 1.807) is 12.1 Å². The summed E-state index contributed by atoms with van der Waals surface area (Å²) in [5.74, 6) is 0.804. The predicted octanol–water partition coefficient (Wildman–Crippen LogP) is 3.77. The number of nitrogens with one attached hydrogen (secondary N) is 1. The first-order chi connectivity index (χ1) is 10.4. The number of carbonyl (C=O) groups excluding carboxylic acids is 1. The van der Waals surface area contributed by atoms with Gasteiger partial charge in [0.15, 0.2) is 5.82 Å². The standard InChI is InChI=1S/C17H17N3O2/c1-17(2,3)14-10-15(20-22-14)19-16(21)13-9-8-11-6-4-5-7-12(11)18-13/h4-10H,1-3H3,(H,19,20,21). The minimum atomic E-state index is -0.306. The monoisotopic (exact) mass is 295 g/mol. The Kier molecular flexibility index (Phi) is 3.41. The highest BCUT2D eigenvalue weighted by Gasteiger charge is 2.20. The second-order valence-corrected chi connectivity index (χ2v) is 6.17. The third-order valence-corrected chi connectivity index (χ3v) is 3.32. The van der Waals surface area contributed by atoms with Gasteiger partial charge in [0.25, 0.3) is 5.91 Å². The molecule has 0 fully saturated rings. The fourth-order valence-electron chi connectivity index (χ4n) is 2.06. The van der Waals surface area contributed by atoms with Crippen molar-refractivity contribution in [2.24, 2.45) is 0 Å². The maximum absolute atomic E-state index is 12.3. The number of nitrogens with zero attached hydrogens (tertiary/aromatic N) is 2. The minimum Gasteiger partial charge on any atom is -0.359 e. The topological polar surface area (TPSA) is 68.0 Å². The Balaban J connectivity index is 1.82. The molecule has 0 saturated heterocycles. The van der Waals surface area contributed by atoms with Gasteiger partial charge in [0.1, 0.15) is 11.5 Å². The van der Waals surface area contributed by atoms with Gasteiger partial charge >= 0.3 is 0 Å². The summed E-state index contributed by atoms with van der Waals surface area (Å²) >= 11 is 0. The molecule has 0 bridgehead atoms. The zero-order valence-electron chi connectivity index (χ0n) is 12.8. The van der Waals surface area contributed by atoms with Crippen LogP contribution in [0.4, 0.5) is 5.82 Å². The number of aromatic nitrogens is 2. The SMILES string of the molecule is CC(C)(C)c1cc(NC(=O)c2ccc3ccccc3n2)no1. The van der Waals surface area contributed by atoms with Crippen molar-refractivity contribution in [3.8, 4) is 0 Å². The average molecular weight is 295 g/mol. The molecule has 2 heterocycles. The number of carbonyl (C=O) groups is 1. The van der Waals surface area contributed by atoms with Crippen molar-refractivity contribution in [1.82, 2.24) is 10.1 Å². The van der Waals surface area contributed by atoms with Gasteiger partial charge in [-0.05, 0) is 12.1 Å². The lowest BCUT2D eigenvalue weighted by atomic mass is 9.93. The van der Waals surface area contributed by atoms with Crippen LogP contribution in [0.25, 0.3) is 10.9 Å². The van der Waals surface area contributed by atoms with Crippen LogP contribution in [0, 0.1) is 0 Å². The number of rotatable bonds is 2. The lowest BCUT2D eigenvalue weighted by Crippen LogP contribution is -2.14. The maximum Gasteiger partial charge on any atom is 0.275 e. The van der Waals surface area contributed by atoms with E-state index >= 15 is 0 Å². The van der Waals surface area contributed by atoms with Crippen LogP contribution in [0.5, 0.6) is 0 Å². The lowest BCUT2D eigenvalue weighted by Gasteiger charge is -2.12. The Morgan fingerprint density at radius 3 is 2.64 bits per heavy atom. The van der Waals surface area contributed by atoms with Gasteiger partial charge in [-0.1, -0.05) is 50.2 Å². The summed E-state index contributed by atoms with van der Waals surface area (Å²) in [5.41, 5.74) is 0.974. The molecule has 5 nitrogen and oxygen atoms in total. The molecule has 1 aromatic carbocycles. The van der Waals surface area contributed by atoms with Crippen molar-refractivity contribution < 1.29 is 9.32 Å². The van der Waals surface area contributed by atoms with E-state index in [0.29, 0.717) is 17.3 Å². The van der Waals surface area contributed by atoms with Gasteiger partial charge in [0.2, 0.25) is 0 Å². The molecule has 1 N–H and O–H groups in total. The zero-order chi connectivity index (χ0) is 15.7. The summed E-state index contributed by atoms with van der Waals surface area (Å²) in [6, 6.07) is 13.0. The number of anilines is 1. The van der Waals surface area contributed by atoms with E-state index in [1.807, 2.05) is 51.1 Å². The van der Waals surface area contributed by atoms with Crippen LogP contribution in [0.2, 0.25) is 0 Å². The molecule has 0 atom stereocenters. The van der Waals surface area contributed by atoms with E-state index in [4.69, 9.17) is 4.52 Å². The fourth-order valence-corrected chi connectivity index (χ4v) is 2.06. The molecule has 0 aliphatic heterocycles. The molecule has 0 unspecified atom stereocenters. The highest BCUT2D eigenvalue weighted by Crippen LogP contribution is 2.24. The predicted molar refractivity (Wildman–Crippen MR) is 84.9 cm³/mol. The summed E-state index contributed by atoms with van der Waals surface area (Å²) in [6.07, 6.45) is 0. The summed E-state index contributed by atoms with van der Waals surface area (Å²) in [4.78, 5) is 16.6. The second-order valence-electron chi connectivity index (χ2n) is 6.17. The summed E-state index contributed by atoms with van der Waals surface area (Å²) < 4.78 is 5.25. The van der Waals surface area contributed by atoms with Crippen LogP contribution in [-0.2, 0) is 5.41 Å². The maximum atomic E-state index is 12.3. The van der Waals surface area contributed by atoms with Gasteiger partial charge in [-0.2, -0.15) is 0 Å². The van der Waals surface area contributed by atoms with E-state index in [9.17, 15) is 4.79 Å². The molecule has 3 aromatic rings. The van der Waals surface area contributed by atoms with E-state index < -0.39 is 0 Å². The normalized spacial score (nSPS) is 11.6. The Bertz CT molecular complexity index is 831. The average Bonchev–Trinajstić information content (AvgIpc) is 2.95. The van der Waals surface area contributed by atoms with Crippen LogP contribution in [0.1, 0.15) is 37.0 Å². The molecule has 2 aromatic heterocycles. The number of fused-ring (bicyclic) bond motifs is 1. The smallest absolute Gasteiger partial charge is 0.275 e. The number of para-hydroxylation sites is 1. The molecule has 22 heavy (non-hydrogen) atoms. The molecule has 5 heteroatoms. The lowest BCUT2D eigenvalue weighted by molar-refractivity contribution is 0.102. The molecular formula is C17H17N3O2. The highest BCUT2D eigenvalue weighted by molar-refractivity contribution is 6.03. The minimum absolute atomic E-state index is 0.156. The van der Waals surface area contributed by atoms with Gasteiger partial charge in [0, 0.05) is 16.9 Å². The summed E-state index contributed by atoms with van der Waals surface area (Å²) in [5, 5.41) is 7.58. The van der Waals surface area contributed by atoms with Crippen molar-refractivity contribution in [3.05, 3.63) is 53.9 Å². The number of hydrogen-bond donors (Lipinski definition) is 1. The molecular weight excluding hydrogens is 278 g/mol. The van der Waals surface area contributed by atoms with Crippen LogP contribution >= 0.6 is 0 Å². The quantitative estimate of drug-likeness (QED) is 0.781. The van der Waals surface area contributed by atoms with E-state index in [2.05, 4.69) is 15.5 Å². The number of pyridine rings is 1. The van der Waals surface area contributed by atoms with Crippen molar-refractivity contribution >= 4 is 22.6 Å². The second kappa shape index (κ2) is 5.26. The number of benzene rings is 1. The van der Waals surface area contributed by atoms with Gasteiger partial charge in [0.05, 0.1) is 5.52 Å². The van der Waals surface area contributed by atoms with Crippen LogP contribution in [0.15, 0.2) is 47.0 Å². The van der Waals surface area contributed by atoms with Gasteiger partial charge in [-0.25, -0.2) is 4.98 Å². The van der Waals surface area contributed by atoms with E-state index in [-0.39, 0.29) is 11.3 Å². The number of amides is 1. The Labute approximate surface area is 128 Å². The molecule has 1 amide bonds. The molecule has 0 saturated carbocycles. The summed E-state index contributed by atoms with van der Waals surface area (Å²) in [7, 11) is 0. The van der Waals surface area contributed by atoms with Crippen molar-refractivity contribution in [2.45, 2.75) is 26.2 Å². The third kappa shape index (κ3) is 2.83. The molecule has 3 rings (SSSR count). The zero-order valence-corrected chi connectivity index (χ0v) is 12.8. The fraction of sp³-hybridized carbons (Fsp3) is 0.235. The van der Waals surface area contributed by atoms with Crippen molar-refractivity contribution in [3.63, 3.8) is 0 Å². The largest absolute Gasteiger partial charge is 0.359 e. The van der Waals surface area contributed by atoms with Crippen molar-refractivity contribution in [1.29, 1.82) is 0 Å². The highest BCUT2D eigenvalue weighted by atomic mass is 16.5. The van der Waals surface area contributed by atoms with Crippen LogP contribution in [-0.4, -0.2) is 16.0 Å². The Morgan fingerprint density at radius 1 is 1.14 bits per heavy atom. The van der Waals surface area contributed by atoms with Gasteiger partial charge in [-0.3, -0.25) is 4.79 Å². The Morgan fingerprint density at radius 2 is 1.91 bits per heavy atom.